The summed E-state index contributed by atoms with van der Waals surface area (Å²) >= 11 is 0. The largest absolute Gasteiger partial charge is 0.394 e. The zero-order valence-electron chi connectivity index (χ0n) is 11.5. The van der Waals surface area contributed by atoms with Crippen LogP contribution in [0.15, 0.2) is 18.2 Å². The Bertz CT molecular complexity index is 521. The first kappa shape index (κ1) is 17.0. The average Bonchev–Trinajstić information content (AvgIpc) is 2.49. The van der Waals surface area contributed by atoms with Gasteiger partial charge in [-0.15, -0.1) is 0 Å². The van der Waals surface area contributed by atoms with Crippen molar-refractivity contribution in [1.82, 2.24) is 5.32 Å². The van der Waals surface area contributed by atoms with E-state index in [2.05, 4.69) is 5.32 Å². The lowest BCUT2D eigenvalue weighted by molar-refractivity contribution is -0.394. The van der Waals surface area contributed by atoms with Crippen molar-refractivity contribution in [3.8, 4) is 0 Å². The van der Waals surface area contributed by atoms with Crippen molar-refractivity contribution in [3.05, 3.63) is 44.0 Å². The van der Waals surface area contributed by atoms with Gasteiger partial charge in [0.15, 0.2) is 0 Å². The summed E-state index contributed by atoms with van der Waals surface area (Å²) in [6.45, 7) is 1.09. The van der Waals surface area contributed by atoms with Crippen LogP contribution in [0.3, 0.4) is 0 Å². The molecule has 21 heavy (non-hydrogen) atoms. The van der Waals surface area contributed by atoms with Gasteiger partial charge in [-0.25, -0.2) is 0 Å². The Balaban J connectivity index is 3.03. The third kappa shape index (κ3) is 3.94. The average molecular weight is 299 g/mol. The first-order valence-electron chi connectivity index (χ1n) is 6.27. The highest BCUT2D eigenvalue weighted by molar-refractivity contribution is 5.49. The zero-order valence-corrected chi connectivity index (χ0v) is 11.5. The van der Waals surface area contributed by atoms with Gasteiger partial charge in [0.1, 0.15) is 0 Å². The molecule has 0 unspecified atom stereocenters. The van der Waals surface area contributed by atoms with Crippen molar-refractivity contribution < 1.29 is 20.1 Å². The van der Waals surface area contributed by atoms with E-state index in [0.29, 0.717) is 6.42 Å². The molecule has 0 amide bonds. The van der Waals surface area contributed by atoms with E-state index in [1.165, 1.54) is 12.1 Å². The van der Waals surface area contributed by atoms with Crippen LogP contribution < -0.4 is 5.32 Å². The molecule has 0 aliphatic rings. The van der Waals surface area contributed by atoms with Gasteiger partial charge in [0.25, 0.3) is 11.4 Å². The van der Waals surface area contributed by atoms with E-state index in [4.69, 9.17) is 0 Å². The predicted octanol–water partition coefficient (Wildman–Crippen LogP) is 0.726. The van der Waals surface area contributed by atoms with Crippen LogP contribution in [0.2, 0.25) is 0 Å². The van der Waals surface area contributed by atoms with Gasteiger partial charge < -0.3 is 15.5 Å². The fourth-order valence-electron chi connectivity index (χ4n) is 1.78. The van der Waals surface area contributed by atoms with Gasteiger partial charge in [-0.3, -0.25) is 20.2 Å². The molecule has 1 rings (SSSR count). The summed E-state index contributed by atoms with van der Waals surface area (Å²) in [5, 5.41) is 43.1. The van der Waals surface area contributed by atoms with Crippen LogP contribution in [-0.4, -0.2) is 38.8 Å². The Morgan fingerprint density at radius 1 is 1.19 bits per heavy atom. The third-order valence-electron chi connectivity index (χ3n) is 3.41. The molecule has 0 radical (unpaired) electrons. The van der Waals surface area contributed by atoms with Gasteiger partial charge in [0, 0.05) is 18.2 Å². The van der Waals surface area contributed by atoms with Gasteiger partial charge in [0.2, 0.25) is 0 Å². The minimum absolute atomic E-state index is 0.00324. The molecular weight excluding hydrogens is 282 g/mol. The summed E-state index contributed by atoms with van der Waals surface area (Å²) < 4.78 is 0. The number of aliphatic hydroxyl groups excluding tert-OH is 2. The summed E-state index contributed by atoms with van der Waals surface area (Å²) in [5.74, 6) is 0. The number of hydrogen-bond acceptors (Lipinski definition) is 7. The molecule has 0 atom stereocenters. The number of hydrogen-bond donors (Lipinski definition) is 3. The highest BCUT2D eigenvalue weighted by Gasteiger charge is 2.27. The molecule has 0 spiro atoms. The highest BCUT2D eigenvalue weighted by atomic mass is 16.6. The summed E-state index contributed by atoms with van der Waals surface area (Å²) in [6, 6.07) is 3.36. The predicted molar refractivity (Wildman–Crippen MR) is 73.8 cm³/mol. The monoisotopic (exact) mass is 299 g/mol. The van der Waals surface area contributed by atoms with E-state index < -0.39 is 15.4 Å². The zero-order chi connectivity index (χ0) is 16.0. The molecule has 0 saturated heterocycles. The fraction of sp³-hybridized carbons (Fsp3) is 0.500. The number of nitrogens with one attached hydrogen (secondary N) is 1. The molecule has 0 saturated carbocycles. The Labute approximate surface area is 120 Å². The van der Waals surface area contributed by atoms with Gasteiger partial charge in [-0.05, 0) is 12.5 Å². The molecule has 9 nitrogen and oxygen atoms in total. The van der Waals surface area contributed by atoms with Gasteiger partial charge in [-0.2, -0.15) is 0 Å². The molecule has 9 heteroatoms. The van der Waals surface area contributed by atoms with Crippen molar-refractivity contribution in [3.63, 3.8) is 0 Å². The molecule has 1 aromatic rings. The second kappa shape index (κ2) is 7.07. The Hall–Kier alpha value is -2.10. The molecule has 0 aliphatic heterocycles. The number of nitro groups is 2. The second-order valence-corrected chi connectivity index (χ2v) is 4.63. The first-order chi connectivity index (χ1) is 9.89. The molecule has 3 N–H and O–H groups in total. The Morgan fingerprint density at radius 3 is 2.24 bits per heavy atom. The lowest BCUT2D eigenvalue weighted by atomic mass is 9.98. The van der Waals surface area contributed by atoms with Crippen LogP contribution in [0.4, 0.5) is 11.4 Å². The first-order valence-corrected chi connectivity index (χ1v) is 6.27. The summed E-state index contributed by atoms with van der Waals surface area (Å²) in [6.07, 6.45) is 0.417. The van der Waals surface area contributed by atoms with Crippen LogP contribution in [0.1, 0.15) is 18.9 Å². The Kier molecular flexibility index (Phi) is 5.70. The van der Waals surface area contributed by atoms with Crippen molar-refractivity contribution in [2.45, 2.75) is 25.4 Å². The highest BCUT2D eigenvalue weighted by Crippen LogP contribution is 2.25. The van der Waals surface area contributed by atoms with E-state index in [9.17, 15) is 30.4 Å². The third-order valence-corrected chi connectivity index (χ3v) is 3.41. The van der Waals surface area contributed by atoms with E-state index >= 15 is 0 Å². The van der Waals surface area contributed by atoms with Crippen molar-refractivity contribution >= 4 is 11.4 Å². The lowest BCUT2D eigenvalue weighted by Crippen LogP contribution is -2.50. The maximum atomic E-state index is 11.0. The SMILES string of the molecule is CCC(CO)(CO)NCc1ccc([N+](=O)[O-])cc1[N+](=O)[O-]. The van der Waals surface area contributed by atoms with Crippen molar-refractivity contribution in [2.75, 3.05) is 13.2 Å². The molecule has 0 fully saturated rings. The molecule has 0 bridgehead atoms. The second-order valence-electron chi connectivity index (χ2n) is 4.63. The van der Waals surface area contributed by atoms with Crippen molar-refractivity contribution in [1.29, 1.82) is 0 Å². The number of nitro benzene ring substituents is 2. The van der Waals surface area contributed by atoms with Crippen LogP contribution >= 0.6 is 0 Å². The van der Waals surface area contributed by atoms with Gasteiger partial charge >= 0.3 is 0 Å². The number of aliphatic hydroxyl groups is 2. The standard InChI is InChI=1S/C12H17N3O6/c1-2-12(7-16,8-17)13-6-9-3-4-10(14(18)19)5-11(9)15(20)21/h3-5,13,16-17H,2,6-8H2,1H3. The van der Waals surface area contributed by atoms with Gasteiger partial charge in [0.05, 0.1) is 34.7 Å². The summed E-state index contributed by atoms with van der Waals surface area (Å²) in [7, 11) is 0. The Morgan fingerprint density at radius 2 is 1.81 bits per heavy atom. The number of benzene rings is 1. The number of non-ortho nitro benzene ring substituents is 1. The van der Waals surface area contributed by atoms with Gasteiger partial charge in [-0.1, -0.05) is 6.92 Å². The molecule has 0 aliphatic carbocycles. The quantitative estimate of drug-likeness (QED) is 0.475. The molecule has 0 aromatic heterocycles. The van der Waals surface area contributed by atoms with E-state index in [0.717, 1.165) is 6.07 Å². The maximum absolute atomic E-state index is 11.0. The van der Waals surface area contributed by atoms with Crippen LogP contribution in [0.5, 0.6) is 0 Å². The molecule has 116 valence electrons. The molecular formula is C12H17N3O6. The minimum Gasteiger partial charge on any atom is -0.394 e. The lowest BCUT2D eigenvalue weighted by Gasteiger charge is -2.29. The van der Waals surface area contributed by atoms with Crippen LogP contribution in [-0.2, 0) is 6.54 Å². The maximum Gasteiger partial charge on any atom is 0.280 e. The van der Waals surface area contributed by atoms with Crippen molar-refractivity contribution in [2.24, 2.45) is 0 Å². The topological polar surface area (TPSA) is 139 Å². The van der Waals surface area contributed by atoms with Crippen LogP contribution in [0, 0.1) is 20.2 Å². The molecule has 0 heterocycles. The smallest absolute Gasteiger partial charge is 0.280 e. The fourth-order valence-corrected chi connectivity index (χ4v) is 1.78. The molecule has 1 aromatic carbocycles. The normalized spacial score (nSPS) is 11.4. The van der Waals surface area contributed by atoms with E-state index in [1.807, 2.05) is 0 Å². The number of nitrogens with zero attached hydrogens (tertiary/aromatic N) is 2. The minimum atomic E-state index is -0.949. The van der Waals surface area contributed by atoms with E-state index in [-0.39, 0.29) is 36.7 Å². The number of rotatable bonds is 8. The van der Waals surface area contributed by atoms with Crippen LogP contribution in [0.25, 0.3) is 0 Å². The summed E-state index contributed by atoms with van der Waals surface area (Å²) in [5.41, 5.74) is -1.45. The summed E-state index contributed by atoms with van der Waals surface area (Å²) in [4.78, 5) is 20.2. The van der Waals surface area contributed by atoms with E-state index in [1.54, 1.807) is 6.92 Å².